The molecule has 1 amide bonds. The summed E-state index contributed by atoms with van der Waals surface area (Å²) < 4.78 is 0. The second-order valence-electron chi connectivity index (χ2n) is 6.98. The van der Waals surface area contributed by atoms with Crippen LogP contribution in [0.5, 0.6) is 0 Å². The van der Waals surface area contributed by atoms with E-state index in [2.05, 4.69) is 10.6 Å². The van der Waals surface area contributed by atoms with Crippen LogP contribution in [0.1, 0.15) is 38.5 Å². The van der Waals surface area contributed by atoms with E-state index in [4.69, 9.17) is 0 Å². The number of hydrogen-bond acceptors (Lipinski definition) is 2. The lowest BCUT2D eigenvalue weighted by atomic mass is 10.0. The number of fused-ring (bicyclic) bond motifs is 5. The third kappa shape index (κ3) is 1.78. The zero-order valence-corrected chi connectivity index (χ0v) is 11.0. The molecule has 5 unspecified atom stereocenters. The van der Waals surface area contributed by atoms with Gasteiger partial charge in [-0.05, 0) is 74.8 Å². The third-order valence-electron chi connectivity index (χ3n) is 6.00. The highest BCUT2D eigenvalue weighted by atomic mass is 16.1. The van der Waals surface area contributed by atoms with E-state index in [9.17, 15) is 4.79 Å². The third-order valence-corrected chi connectivity index (χ3v) is 6.00. The molecule has 4 fully saturated rings. The molecule has 18 heavy (non-hydrogen) atoms. The molecule has 3 aliphatic carbocycles. The van der Waals surface area contributed by atoms with Gasteiger partial charge in [0.25, 0.3) is 0 Å². The van der Waals surface area contributed by atoms with Crippen LogP contribution in [-0.2, 0) is 4.79 Å². The van der Waals surface area contributed by atoms with Crippen molar-refractivity contribution in [3.8, 4) is 0 Å². The van der Waals surface area contributed by atoms with E-state index >= 15 is 0 Å². The molecule has 5 atom stereocenters. The number of carbonyl (C=O) groups is 1. The second kappa shape index (κ2) is 4.22. The van der Waals surface area contributed by atoms with E-state index in [0.29, 0.717) is 11.9 Å². The number of amides is 1. The minimum absolute atomic E-state index is 0.320. The highest BCUT2D eigenvalue weighted by molar-refractivity contribution is 5.76. The normalized spacial score (nSPS) is 48.2. The van der Waals surface area contributed by atoms with Crippen molar-refractivity contribution in [3.05, 3.63) is 0 Å². The predicted octanol–water partition coefficient (Wildman–Crippen LogP) is 1.54. The summed E-state index contributed by atoms with van der Waals surface area (Å²) >= 11 is 0. The van der Waals surface area contributed by atoms with Crippen LogP contribution >= 0.6 is 0 Å². The molecule has 3 heteroatoms. The first kappa shape index (κ1) is 11.3. The standard InChI is InChI=1S/C15H24N2O/c18-12(4-1-9-5-6-16-8-9)17-15-13-10-2-3-11(7-10)14(13)15/h9-11,13-16H,1-8H2,(H,17,18). The molecule has 0 spiro atoms. The Morgan fingerprint density at radius 3 is 2.61 bits per heavy atom. The molecule has 0 radical (unpaired) electrons. The van der Waals surface area contributed by atoms with Crippen molar-refractivity contribution in [2.75, 3.05) is 13.1 Å². The topological polar surface area (TPSA) is 41.1 Å². The van der Waals surface area contributed by atoms with Gasteiger partial charge in [-0.2, -0.15) is 0 Å². The van der Waals surface area contributed by atoms with Crippen LogP contribution in [0.4, 0.5) is 0 Å². The minimum Gasteiger partial charge on any atom is -0.353 e. The Labute approximate surface area is 109 Å². The van der Waals surface area contributed by atoms with E-state index in [1.54, 1.807) is 0 Å². The molecule has 0 aromatic carbocycles. The zero-order chi connectivity index (χ0) is 12.1. The van der Waals surface area contributed by atoms with Gasteiger partial charge in [0.1, 0.15) is 0 Å². The van der Waals surface area contributed by atoms with E-state index in [0.717, 1.165) is 55.5 Å². The number of nitrogens with one attached hydrogen (secondary N) is 2. The molecular formula is C15H24N2O. The first-order valence-electron chi connectivity index (χ1n) is 7.83. The first-order chi connectivity index (χ1) is 8.83. The Balaban J connectivity index is 1.23. The van der Waals surface area contributed by atoms with Gasteiger partial charge in [0.2, 0.25) is 5.91 Å². The zero-order valence-electron chi connectivity index (χ0n) is 11.0. The van der Waals surface area contributed by atoms with Gasteiger partial charge in [0.15, 0.2) is 0 Å². The van der Waals surface area contributed by atoms with Crippen molar-refractivity contribution in [3.63, 3.8) is 0 Å². The summed E-state index contributed by atoms with van der Waals surface area (Å²) in [7, 11) is 0. The van der Waals surface area contributed by atoms with E-state index in [1.165, 1.54) is 25.7 Å². The van der Waals surface area contributed by atoms with E-state index < -0.39 is 0 Å². The van der Waals surface area contributed by atoms with Gasteiger partial charge in [0, 0.05) is 12.5 Å². The van der Waals surface area contributed by atoms with E-state index in [1.807, 2.05) is 0 Å². The fourth-order valence-electron chi connectivity index (χ4n) is 5.07. The first-order valence-corrected chi connectivity index (χ1v) is 7.83. The van der Waals surface area contributed by atoms with Gasteiger partial charge in [-0.1, -0.05) is 0 Å². The molecule has 3 nitrogen and oxygen atoms in total. The minimum atomic E-state index is 0.320. The summed E-state index contributed by atoms with van der Waals surface area (Å²) in [5, 5.41) is 6.69. The summed E-state index contributed by atoms with van der Waals surface area (Å²) in [4.78, 5) is 12.0. The second-order valence-corrected chi connectivity index (χ2v) is 6.98. The molecule has 3 saturated carbocycles. The number of rotatable bonds is 4. The van der Waals surface area contributed by atoms with Crippen LogP contribution < -0.4 is 10.6 Å². The molecule has 1 aliphatic heterocycles. The fraction of sp³-hybridized carbons (Fsp3) is 0.933. The van der Waals surface area contributed by atoms with Gasteiger partial charge in [-0.15, -0.1) is 0 Å². The Kier molecular flexibility index (Phi) is 2.65. The van der Waals surface area contributed by atoms with Gasteiger partial charge < -0.3 is 10.6 Å². The fourth-order valence-corrected chi connectivity index (χ4v) is 5.07. The van der Waals surface area contributed by atoms with Crippen molar-refractivity contribution in [2.45, 2.75) is 44.6 Å². The molecule has 4 rings (SSSR count). The number of hydrogen-bond donors (Lipinski definition) is 2. The Morgan fingerprint density at radius 1 is 1.17 bits per heavy atom. The van der Waals surface area contributed by atoms with Crippen molar-refractivity contribution in [1.82, 2.24) is 10.6 Å². The highest BCUT2D eigenvalue weighted by Gasteiger charge is 2.65. The van der Waals surface area contributed by atoms with Crippen LogP contribution in [0.15, 0.2) is 0 Å². The quantitative estimate of drug-likeness (QED) is 0.792. The number of carbonyl (C=O) groups excluding carboxylic acids is 1. The summed E-state index contributed by atoms with van der Waals surface area (Å²) in [6.07, 6.45) is 7.42. The Morgan fingerprint density at radius 2 is 1.94 bits per heavy atom. The maximum atomic E-state index is 12.0. The monoisotopic (exact) mass is 248 g/mol. The summed E-state index contributed by atoms with van der Waals surface area (Å²) in [6, 6.07) is 0.574. The smallest absolute Gasteiger partial charge is 0.220 e. The highest BCUT2D eigenvalue weighted by Crippen LogP contribution is 2.65. The molecule has 100 valence electrons. The van der Waals surface area contributed by atoms with Gasteiger partial charge in [-0.3, -0.25) is 4.79 Å². The van der Waals surface area contributed by atoms with Crippen molar-refractivity contribution in [2.24, 2.45) is 29.6 Å². The van der Waals surface area contributed by atoms with Gasteiger partial charge >= 0.3 is 0 Å². The molecule has 2 N–H and O–H groups in total. The van der Waals surface area contributed by atoms with Crippen molar-refractivity contribution < 1.29 is 4.79 Å². The lowest BCUT2D eigenvalue weighted by molar-refractivity contribution is -0.121. The maximum absolute atomic E-state index is 12.0. The summed E-state index contributed by atoms with van der Waals surface area (Å²) in [5.74, 6) is 4.74. The Hall–Kier alpha value is -0.570. The van der Waals surface area contributed by atoms with Gasteiger partial charge in [-0.25, -0.2) is 0 Å². The Bertz CT molecular complexity index is 334. The molecule has 1 heterocycles. The van der Waals surface area contributed by atoms with Crippen LogP contribution in [0.25, 0.3) is 0 Å². The molecular weight excluding hydrogens is 224 g/mol. The van der Waals surface area contributed by atoms with E-state index in [-0.39, 0.29) is 0 Å². The largest absolute Gasteiger partial charge is 0.353 e. The lowest BCUT2D eigenvalue weighted by Crippen LogP contribution is -2.30. The van der Waals surface area contributed by atoms with Gasteiger partial charge in [0.05, 0.1) is 0 Å². The summed E-state index contributed by atoms with van der Waals surface area (Å²) in [6.45, 7) is 2.26. The van der Waals surface area contributed by atoms with Crippen molar-refractivity contribution in [1.29, 1.82) is 0 Å². The average molecular weight is 248 g/mol. The van der Waals surface area contributed by atoms with Crippen molar-refractivity contribution >= 4 is 5.91 Å². The molecule has 0 aromatic heterocycles. The van der Waals surface area contributed by atoms with Crippen LogP contribution in [0, 0.1) is 29.6 Å². The lowest BCUT2D eigenvalue weighted by Gasteiger charge is -2.12. The summed E-state index contributed by atoms with van der Waals surface area (Å²) in [5.41, 5.74) is 0. The molecule has 0 aromatic rings. The molecule has 1 saturated heterocycles. The predicted molar refractivity (Wildman–Crippen MR) is 70.0 cm³/mol. The average Bonchev–Trinajstić information content (AvgIpc) is 2.88. The maximum Gasteiger partial charge on any atom is 0.220 e. The molecule has 4 aliphatic rings. The van der Waals surface area contributed by atoms with Crippen LogP contribution in [0.3, 0.4) is 0 Å². The molecule has 2 bridgehead atoms. The van der Waals surface area contributed by atoms with Crippen LogP contribution in [-0.4, -0.2) is 25.0 Å². The van der Waals surface area contributed by atoms with Crippen LogP contribution in [0.2, 0.25) is 0 Å². The SMILES string of the molecule is O=C(CCC1CCNC1)NC1C2C3CCC(C3)C12.